The molecule has 1 heterocycles. The molecule has 0 saturated carbocycles. The third-order valence-electron chi connectivity index (χ3n) is 4.59. The number of piperidine rings is 1. The van der Waals surface area contributed by atoms with E-state index in [-0.39, 0.29) is 6.04 Å². The van der Waals surface area contributed by atoms with Crippen LogP contribution in [0.2, 0.25) is 0 Å². The van der Waals surface area contributed by atoms with Crippen molar-refractivity contribution in [2.24, 2.45) is 11.8 Å². The zero-order chi connectivity index (χ0) is 13.5. The number of likely N-dealkylation sites (tertiary alicyclic amines) is 1. The number of carbonyl (C=O) groups excluding carboxylic acids is 1. The van der Waals surface area contributed by atoms with Crippen LogP contribution < -0.4 is 0 Å². The molecule has 1 saturated heterocycles. The highest BCUT2D eigenvalue weighted by Gasteiger charge is 2.32. The summed E-state index contributed by atoms with van der Waals surface area (Å²) in [5.41, 5.74) is 0. The maximum atomic E-state index is 11.6. The number of hydrogen-bond donors (Lipinski definition) is 0. The summed E-state index contributed by atoms with van der Waals surface area (Å²) in [5, 5.41) is 0. The highest BCUT2D eigenvalue weighted by Crippen LogP contribution is 2.31. The Kier molecular flexibility index (Phi) is 6.91. The minimum atomic E-state index is 0.182. The fourth-order valence-corrected chi connectivity index (χ4v) is 3.32. The first-order valence-electron chi connectivity index (χ1n) is 7.77. The molecule has 106 valence electrons. The molecular formula is C16H31NO. The fourth-order valence-electron chi connectivity index (χ4n) is 3.32. The summed E-state index contributed by atoms with van der Waals surface area (Å²) >= 11 is 0. The predicted octanol–water partition coefficient (Wildman–Crippen LogP) is 3.89. The standard InChI is InChI=1S/C16H31NO/c1-5-6-7-8-9-10-15-11-16(14(3)18)17(4)12-13(15)2/h13,15-16H,5-12H2,1-4H3. The van der Waals surface area contributed by atoms with Gasteiger partial charge in [0, 0.05) is 6.54 Å². The van der Waals surface area contributed by atoms with E-state index in [4.69, 9.17) is 0 Å². The second-order valence-electron chi connectivity index (χ2n) is 6.24. The molecule has 0 radical (unpaired) electrons. The van der Waals surface area contributed by atoms with Gasteiger partial charge in [-0.1, -0.05) is 52.4 Å². The molecule has 1 fully saturated rings. The molecule has 1 rings (SSSR count). The van der Waals surface area contributed by atoms with E-state index in [0.717, 1.165) is 24.8 Å². The average Bonchev–Trinajstić information content (AvgIpc) is 2.30. The van der Waals surface area contributed by atoms with Crippen molar-refractivity contribution in [1.29, 1.82) is 0 Å². The van der Waals surface area contributed by atoms with Crippen molar-refractivity contribution >= 4 is 5.78 Å². The van der Waals surface area contributed by atoms with Gasteiger partial charge in [0.2, 0.25) is 0 Å². The largest absolute Gasteiger partial charge is 0.298 e. The molecule has 1 aliphatic heterocycles. The Morgan fingerprint density at radius 1 is 1.22 bits per heavy atom. The van der Waals surface area contributed by atoms with Gasteiger partial charge in [-0.25, -0.2) is 0 Å². The van der Waals surface area contributed by atoms with Crippen LogP contribution in [0.15, 0.2) is 0 Å². The smallest absolute Gasteiger partial charge is 0.146 e. The number of ketones is 1. The number of carbonyl (C=O) groups is 1. The summed E-state index contributed by atoms with van der Waals surface area (Å²) in [6.45, 7) is 7.44. The topological polar surface area (TPSA) is 20.3 Å². The van der Waals surface area contributed by atoms with Gasteiger partial charge in [-0.15, -0.1) is 0 Å². The van der Waals surface area contributed by atoms with Crippen molar-refractivity contribution < 1.29 is 4.79 Å². The van der Waals surface area contributed by atoms with Crippen molar-refractivity contribution in [2.75, 3.05) is 13.6 Å². The Morgan fingerprint density at radius 2 is 1.89 bits per heavy atom. The minimum Gasteiger partial charge on any atom is -0.298 e. The number of likely N-dealkylation sites (N-methyl/N-ethyl adjacent to an activating group) is 1. The number of nitrogens with zero attached hydrogens (tertiary/aromatic N) is 1. The Labute approximate surface area is 113 Å². The molecule has 0 amide bonds. The normalized spacial score (nSPS) is 29.4. The second kappa shape index (κ2) is 7.93. The highest BCUT2D eigenvalue weighted by molar-refractivity contribution is 5.81. The van der Waals surface area contributed by atoms with E-state index in [1.165, 1.54) is 38.5 Å². The first kappa shape index (κ1) is 15.7. The fraction of sp³-hybridized carbons (Fsp3) is 0.938. The zero-order valence-electron chi connectivity index (χ0n) is 12.7. The second-order valence-corrected chi connectivity index (χ2v) is 6.24. The van der Waals surface area contributed by atoms with Gasteiger partial charge >= 0.3 is 0 Å². The van der Waals surface area contributed by atoms with Crippen LogP contribution in [0.1, 0.15) is 65.7 Å². The van der Waals surface area contributed by atoms with Gasteiger partial charge in [0.1, 0.15) is 5.78 Å². The van der Waals surface area contributed by atoms with Gasteiger partial charge in [0.15, 0.2) is 0 Å². The summed E-state index contributed by atoms with van der Waals surface area (Å²) in [4.78, 5) is 13.9. The molecule has 2 heteroatoms. The maximum Gasteiger partial charge on any atom is 0.146 e. The molecular weight excluding hydrogens is 222 g/mol. The van der Waals surface area contributed by atoms with Crippen LogP contribution >= 0.6 is 0 Å². The SMILES string of the molecule is CCCCCCCC1CC(C(C)=O)N(C)CC1C. The lowest BCUT2D eigenvalue weighted by Gasteiger charge is -2.40. The molecule has 0 spiro atoms. The summed E-state index contributed by atoms with van der Waals surface area (Å²) in [7, 11) is 2.10. The number of rotatable bonds is 7. The van der Waals surface area contributed by atoms with Crippen molar-refractivity contribution in [3.05, 3.63) is 0 Å². The predicted molar refractivity (Wildman–Crippen MR) is 77.7 cm³/mol. The molecule has 0 aliphatic carbocycles. The highest BCUT2D eigenvalue weighted by atomic mass is 16.1. The van der Waals surface area contributed by atoms with Crippen molar-refractivity contribution in [3.63, 3.8) is 0 Å². The van der Waals surface area contributed by atoms with Crippen LogP contribution in [-0.4, -0.2) is 30.3 Å². The third kappa shape index (κ3) is 4.72. The first-order valence-corrected chi connectivity index (χ1v) is 7.77. The number of Topliss-reactive ketones (excluding diaryl/α,β-unsaturated/α-hetero) is 1. The van der Waals surface area contributed by atoms with E-state index < -0.39 is 0 Å². The Balaban J connectivity index is 2.33. The van der Waals surface area contributed by atoms with Crippen LogP contribution in [0, 0.1) is 11.8 Å². The van der Waals surface area contributed by atoms with Gasteiger partial charge < -0.3 is 0 Å². The summed E-state index contributed by atoms with van der Waals surface area (Å²) < 4.78 is 0. The van der Waals surface area contributed by atoms with Crippen LogP contribution in [0.5, 0.6) is 0 Å². The molecule has 0 bridgehead atoms. The molecule has 0 aromatic carbocycles. The Bertz CT molecular complexity index is 251. The van der Waals surface area contributed by atoms with Gasteiger partial charge in [0.25, 0.3) is 0 Å². The van der Waals surface area contributed by atoms with Gasteiger partial charge in [0.05, 0.1) is 6.04 Å². The number of unbranched alkanes of at least 4 members (excludes halogenated alkanes) is 4. The van der Waals surface area contributed by atoms with E-state index in [1.54, 1.807) is 6.92 Å². The first-order chi connectivity index (χ1) is 8.56. The zero-order valence-corrected chi connectivity index (χ0v) is 12.7. The van der Waals surface area contributed by atoms with Crippen molar-refractivity contribution in [2.45, 2.75) is 71.8 Å². The average molecular weight is 253 g/mol. The minimum absolute atomic E-state index is 0.182. The van der Waals surface area contributed by atoms with Crippen LogP contribution in [0.3, 0.4) is 0 Å². The van der Waals surface area contributed by atoms with Gasteiger partial charge in [-0.2, -0.15) is 0 Å². The quantitative estimate of drug-likeness (QED) is 0.642. The summed E-state index contributed by atoms with van der Waals surface area (Å²) in [5.74, 6) is 1.86. The summed E-state index contributed by atoms with van der Waals surface area (Å²) in [6.07, 6.45) is 9.20. The van der Waals surface area contributed by atoms with Crippen molar-refractivity contribution in [3.8, 4) is 0 Å². The number of hydrogen-bond acceptors (Lipinski definition) is 2. The Hall–Kier alpha value is -0.370. The van der Waals surface area contributed by atoms with Gasteiger partial charge in [-0.05, 0) is 32.2 Å². The molecule has 1 aliphatic rings. The molecule has 3 unspecified atom stereocenters. The van der Waals surface area contributed by atoms with Crippen LogP contribution in [-0.2, 0) is 4.79 Å². The molecule has 0 aromatic heterocycles. The van der Waals surface area contributed by atoms with Crippen LogP contribution in [0.25, 0.3) is 0 Å². The monoisotopic (exact) mass is 253 g/mol. The molecule has 2 nitrogen and oxygen atoms in total. The summed E-state index contributed by atoms with van der Waals surface area (Å²) in [6, 6.07) is 0.182. The lowest BCUT2D eigenvalue weighted by atomic mass is 9.79. The van der Waals surface area contributed by atoms with E-state index >= 15 is 0 Å². The van der Waals surface area contributed by atoms with Gasteiger partial charge in [-0.3, -0.25) is 9.69 Å². The van der Waals surface area contributed by atoms with E-state index in [0.29, 0.717) is 5.78 Å². The molecule has 3 atom stereocenters. The lowest BCUT2D eigenvalue weighted by molar-refractivity contribution is -0.124. The lowest BCUT2D eigenvalue weighted by Crippen LogP contribution is -2.47. The maximum absolute atomic E-state index is 11.6. The van der Waals surface area contributed by atoms with E-state index in [1.807, 2.05) is 0 Å². The molecule has 18 heavy (non-hydrogen) atoms. The van der Waals surface area contributed by atoms with E-state index in [2.05, 4.69) is 25.8 Å². The van der Waals surface area contributed by atoms with Crippen LogP contribution in [0.4, 0.5) is 0 Å². The third-order valence-corrected chi connectivity index (χ3v) is 4.59. The van der Waals surface area contributed by atoms with E-state index in [9.17, 15) is 4.79 Å². The molecule has 0 N–H and O–H groups in total. The molecule has 0 aromatic rings. The van der Waals surface area contributed by atoms with Crippen molar-refractivity contribution in [1.82, 2.24) is 4.90 Å². The Morgan fingerprint density at radius 3 is 2.50 bits per heavy atom.